The van der Waals surface area contributed by atoms with Crippen LogP contribution in [-0.4, -0.2) is 15.7 Å². The van der Waals surface area contributed by atoms with Crippen molar-refractivity contribution in [3.8, 4) is 0 Å². The van der Waals surface area contributed by atoms with Crippen LogP contribution < -0.4 is 16.4 Å². The lowest BCUT2D eigenvalue weighted by atomic mass is 10.2. The number of carbonyl (C=O) groups is 1. The van der Waals surface area contributed by atoms with Crippen LogP contribution in [0.5, 0.6) is 0 Å². The largest absolute Gasteiger partial charge is 0.324 e. The van der Waals surface area contributed by atoms with Crippen molar-refractivity contribution in [3.63, 3.8) is 0 Å². The van der Waals surface area contributed by atoms with E-state index in [0.717, 1.165) is 10.2 Å². The molecule has 0 unspecified atom stereocenters. The Labute approximate surface area is 131 Å². The number of nitrogens with one attached hydrogen (secondary N) is 2. The predicted molar refractivity (Wildman–Crippen MR) is 88.6 cm³/mol. The number of carbonyl (C=O) groups excluding carboxylic acids is 1. The molecule has 3 aromatic rings. The molecule has 0 bridgehead atoms. The molecule has 6 nitrogen and oxygen atoms in total. The number of rotatable bonds is 3. The van der Waals surface area contributed by atoms with Crippen molar-refractivity contribution >= 4 is 22.4 Å². The Morgan fingerprint density at radius 2 is 1.83 bits per heavy atom. The van der Waals surface area contributed by atoms with E-state index in [2.05, 4.69) is 10.4 Å². The first-order valence-corrected chi connectivity index (χ1v) is 7.13. The third kappa shape index (κ3) is 3.06. The highest BCUT2D eigenvalue weighted by Gasteiger charge is 2.10. The van der Waals surface area contributed by atoms with Crippen LogP contribution in [0.2, 0.25) is 0 Å². The summed E-state index contributed by atoms with van der Waals surface area (Å²) in [6.45, 7) is 1.66. The van der Waals surface area contributed by atoms with Crippen molar-refractivity contribution in [1.82, 2.24) is 9.78 Å². The number of aryl methyl sites for hydroxylation is 1. The molecule has 6 heteroatoms. The standard InChI is InChI=1S/C17H15N3O3/c1-11-5-4-6-12(9-11)18-15(21)10-20-17(23)14-8-3-2-7-13(14)16(22)19-20/h2-9H,10H2,1H3,(H,18,21)(H,19,22). The summed E-state index contributed by atoms with van der Waals surface area (Å²) in [6, 6.07) is 13.8. The van der Waals surface area contributed by atoms with Gasteiger partial charge in [0, 0.05) is 5.69 Å². The van der Waals surface area contributed by atoms with E-state index in [-0.39, 0.29) is 12.5 Å². The van der Waals surface area contributed by atoms with Gasteiger partial charge in [0.2, 0.25) is 5.91 Å². The highest BCUT2D eigenvalue weighted by atomic mass is 16.2. The highest BCUT2D eigenvalue weighted by molar-refractivity contribution is 5.90. The molecule has 1 amide bonds. The lowest BCUT2D eigenvalue weighted by Crippen LogP contribution is -2.34. The number of benzene rings is 2. The van der Waals surface area contributed by atoms with E-state index in [1.54, 1.807) is 30.3 Å². The maximum absolute atomic E-state index is 12.3. The molecule has 0 radical (unpaired) electrons. The fourth-order valence-corrected chi connectivity index (χ4v) is 2.42. The Kier molecular flexibility index (Phi) is 3.80. The smallest absolute Gasteiger partial charge is 0.273 e. The van der Waals surface area contributed by atoms with E-state index in [0.29, 0.717) is 16.5 Å². The SMILES string of the molecule is Cc1cccc(NC(=O)Cn2[nH]c(=O)c3ccccc3c2=O)c1. The molecule has 0 saturated carbocycles. The number of fused-ring (bicyclic) bond motifs is 1. The van der Waals surface area contributed by atoms with Gasteiger partial charge in [-0.05, 0) is 36.8 Å². The summed E-state index contributed by atoms with van der Waals surface area (Å²) in [5.74, 6) is -0.386. The molecule has 0 aliphatic rings. The summed E-state index contributed by atoms with van der Waals surface area (Å²) >= 11 is 0. The van der Waals surface area contributed by atoms with Crippen molar-refractivity contribution < 1.29 is 4.79 Å². The van der Waals surface area contributed by atoms with Crippen LogP contribution in [-0.2, 0) is 11.3 Å². The highest BCUT2D eigenvalue weighted by Crippen LogP contribution is 2.09. The molecule has 1 aromatic heterocycles. The summed E-state index contributed by atoms with van der Waals surface area (Å²) in [5, 5.41) is 5.74. The zero-order valence-electron chi connectivity index (χ0n) is 12.5. The monoisotopic (exact) mass is 309 g/mol. The molecule has 0 fully saturated rings. The van der Waals surface area contributed by atoms with Gasteiger partial charge in [-0.15, -0.1) is 0 Å². The van der Waals surface area contributed by atoms with E-state index < -0.39 is 11.1 Å². The van der Waals surface area contributed by atoms with Crippen LogP contribution in [0.25, 0.3) is 10.8 Å². The normalized spacial score (nSPS) is 10.7. The second kappa shape index (κ2) is 5.92. The fourth-order valence-electron chi connectivity index (χ4n) is 2.42. The quantitative estimate of drug-likeness (QED) is 0.771. The molecule has 1 heterocycles. The molecule has 3 rings (SSSR count). The predicted octanol–water partition coefficient (Wildman–Crippen LogP) is 1.64. The Bertz CT molecular complexity index is 1000. The second-order valence-electron chi connectivity index (χ2n) is 5.30. The van der Waals surface area contributed by atoms with Gasteiger partial charge in [0.1, 0.15) is 6.54 Å². The van der Waals surface area contributed by atoms with Gasteiger partial charge >= 0.3 is 0 Å². The van der Waals surface area contributed by atoms with E-state index in [1.165, 1.54) is 0 Å². The van der Waals surface area contributed by atoms with Crippen molar-refractivity contribution in [1.29, 1.82) is 0 Å². The Balaban J connectivity index is 1.90. The van der Waals surface area contributed by atoms with Crippen LogP contribution >= 0.6 is 0 Å². The summed E-state index contributed by atoms with van der Waals surface area (Å²) in [7, 11) is 0. The maximum Gasteiger partial charge on any atom is 0.273 e. The van der Waals surface area contributed by atoms with E-state index >= 15 is 0 Å². The summed E-state index contributed by atoms with van der Waals surface area (Å²) in [4.78, 5) is 36.4. The molecule has 0 aliphatic carbocycles. The van der Waals surface area contributed by atoms with Crippen molar-refractivity contribution in [2.45, 2.75) is 13.5 Å². The number of aromatic nitrogens is 2. The van der Waals surface area contributed by atoms with Crippen LogP contribution in [0.1, 0.15) is 5.56 Å². The number of aromatic amines is 1. The van der Waals surface area contributed by atoms with Gasteiger partial charge in [-0.1, -0.05) is 24.3 Å². The molecule has 0 atom stereocenters. The molecule has 2 aromatic carbocycles. The molecule has 116 valence electrons. The Hall–Kier alpha value is -3.15. The average Bonchev–Trinajstić information content (AvgIpc) is 2.52. The number of H-pyrrole nitrogens is 1. The van der Waals surface area contributed by atoms with Crippen molar-refractivity contribution in [2.75, 3.05) is 5.32 Å². The van der Waals surface area contributed by atoms with Crippen LogP contribution in [0.3, 0.4) is 0 Å². The lowest BCUT2D eigenvalue weighted by molar-refractivity contribution is -0.117. The number of hydrogen-bond donors (Lipinski definition) is 2. The third-order valence-electron chi connectivity index (χ3n) is 3.49. The van der Waals surface area contributed by atoms with Crippen LogP contribution in [0, 0.1) is 6.92 Å². The first-order chi connectivity index (χ1) is 11.0. The van der Waals surface area contributed by atoms with Gasteiger partial charge in [-0.25, -0.2) is 4.68 Å². The number of amides is 1. The molecular weight excluding hydrogens is 294 g/mol. The van der Waals surface area contributed by atoms with Gasteiger partial charge < -0.3 is 5.32 Å². The summed E-state index contributed by atoms with van der Waals surface area (Å²) < 4.78 is 1.02. The summed E-state index contributed by atoms with van der Waals surface area (Å²) in [6.07, 6.45) is 0. The van der Waals surface area contributed by atoms with Gasteiger partial charge in [0.05, 0.1) is 10.8 Å². The van der Waals surface area contributed by atoms with Crippen LogP contribution in [0.4, 0.5) is 5.69 Å². The molecule has 0 spiro atoms. The Morgan fingerprint density at radius 1 is 1.09 bits per heavy atom. The lowest BCUT2D eigenvalue weighted by Gasteiger charge is -2.08. The first kappa shape index (κ1) is 14.8. The molecule has 0 aliphatic heterocycles. The minimum absolute atomic E-state index is 0.257. The zero-order valence-corrected chi connectivity index (χ0v) is 12.5. The van der Waals surface area contributed by atoms with Crippen LogP contribution in [0.15, 0.2) is 58.1 Å². The van der Waals surface area contributed by atoms with E-state index in [9.17, 15) is 14.4 Å². The topological polar surface area (TPSA) is 84.0 Å². The van der Waals surface area contributed by atoms with Gasteiger partial charge in [0.15, 0.2) is 0 Å². The average molecular weight is 309 g/mol. The fraction of sp³-hybridized carbons (Fsp3) is 0.118. The summed E-state index contributed by atoms with van der Waals surface area (Å²) in [5.41, 5.74) is 0.855. The first-order valence-electron chi connectivity index (χ1n) is 7.13. The molecule has 0 saturated heterocycles. The minimum atomic E-state index is -0.403. The second-order valence-corrected chi connectivity index (χ2v) is 5.30. The van der Waals surface area contributed by atoms with Crippen molar-refractivity contribution in [2.24, 2.45) is 0 Å². The van der Waals surface area contributed by atoms with E-state index in [1.807, 2.05) is 25.1 Å². The minimum Gasteiger partial charge on any atom is -0.324 e. The molecular formula is C17H15N3O3. The Morgan fingerprint density at radius 3 is 2.57 bits per heavy atom. The number of anilines is 1. The molecule has 23 heavy (non-hydrogen) atoms. The van der Waals surface area contributed by atoms with Gasteiger partial charge in [-0.2, -0.15) is 0 Å². The third-order valence-corrected chi connectivity index (χ3v) is 3.49. The number of nitrogens with zero attached hydrogens (tertiary/aromatic N) is 1. The molecule has 2 N–H and O–H groups in total. The van der Waals surface area contributed by atoms with Gasteiger partial charge in [-0.3, -0.25) is 19.5 Å². The number of hydrogen-bond acceptors (Lipinski definition) is 3. The zero-order chi connectivity index (χ0) is 16.4. The maximum atomic E-state index is 12.3. The van der Waals surface area contributed by atoms with Gasteiger partial charge in [0.25, 0.3) is 11.1 Å². The van der Waals surface area contributed by atoms with E-state index in [4.69, 9.17) is 0 Å². The van der Waals surface area contributed by atoms with Crippen molar-refractivity contribution in [3.05, 3.63) is 74.8 Å².